The van der Waals surface area contributed by atoms with E-state index in [-0.39, 0.29) is 6.04 Å². The van der Waals surface area contributed by atoms with Crippen LogP contribution in [-0.2, 0) is 4.74 Å². The van der Waals surface area contributed by atoms with Crippen molar-refractivity contribution in [2.45, 2.75) is 19.9 Å². The minimum absolute atomic E-state index is 0.268. The van der Waals surface area contributed by atoms with E-state index in [0.29, 0.717) is 5.92 Å². The van der Waals surface area contributed by atoms with Gasteiger partial charge >= 0.3 is 0 Å². The fourth-order valence-corrected chi connectivity index (χ4v) is 1.36. The monoisotopic (exact) mass is 197 g/mol. The van der Waals surface area contributed by atoms with Crippen molar-refractivity contribution in [1.29, 1.82) is 0 Å². The highest BCUT2D eigenvalue weighted by Crippen LogP contribution is 2.12. The first-order valence-corrected chi connectivity index (χ1v) is 4.99. The van der Waals surface area contributed by atoms with Crippen molar-refractivity contribution in [3.8, 4) is 0 Å². The number of nitrogens with one attached hydrogen (secondary N) is 1. The van der Waals surface area contributed by atoms with Gasteiger partial charge in [0.2, 0.25) is 0 Å². The molecule has 3 heteroatoms. The third kappa shape index (κ3) is 3.52. The average molecular weight is 197 g/mol. The molecule has 0 aliphatic heterocycles. The minimum atomic E-state index is 0.268. The fourth-order valence-electron chi connectivity index (χ4n) is 1.36. The predicted octanol–water partition coefficient (Wildman–Crippen LogP) is 2.21. The van der Waals surface area contributed by atoms with Crippen LogP contribution in [0.25, 0.3) is 0 Å². The third-order valence-electron chi connectivity index (χ3n) is 2.19. The predicted molar refractivity (Wildman–Crippen MR) is 56.2 cm³/mol. The van der Waals surface area contributed by atoms with Crippen molar-refractivity contribution >= 4 is 0 Å². The number of furan rings is 1. The van der Waals surface area contributed by atoms with Gasteiger partial charge in [0.05, 0.1) is 12.3 Å². The van der Waals surface area contributed by atoms with Gasteiger partial charge in [0.15, 0.2) is 0 Å². The average Bonchev–Trinajstić information content (AvgIpc) is 2.67. The summed E-state index contributed by atoms with van der Waals surface area (Å²) in [5.74, 6) is 1.51. The van der Waals surface area contributed by atoms with E-state index in [0.717, 1.165) is 18.9 Å². The summed E-state index contributed by atoms with van der Waals surface area (Å²) in [6, 6.07) is 4.16. The maximum absolute atomic E-state index is 5.29. The Morgan fingerprint density at radius 2 is 2.29 bits per heavy atom. The maximum Gasteiger partial charge on any atom is 0.120 e. The number of hydrogen-bond acceptors (Lipinski definition) is 3. The van der Waals surface area contributed by atoms with Crippen LogP contribution in [0.15, 0.2) is 22.8 Å². The summed E-state index contributed by atoms with van der Waals surface area (Å²) in [7, 11) is 1.73. The van der Waals surface area contributed by atoms with Crippen LogP contribution in [0.4, 0.5) is 0 Å². The summed E-state index contributed by atoms with van der Waals surface area (Å²) in [4.78, 5) is 0. The molecule has 0 saturated carbocycles. The summed E-state index contributed by atoms with van der Waals surface area (Å²) in [5.41, 5.74) is 0. The molecule has 1 aromatic rings. The van der Waals surface area contributed by atoms with E-state index in [1.54, 1.807) is 13.4 Å². The molecule has 80 valence electrons. The van der Waals surface area contributed by atoms with E-state index >= 15 is 0 Å². The van der Waals surface area contributed by atoms with Crippen molar-refractivity contribution in [2.24, 2.45) is 5.92 Å². The topological polar surface area (TPSA) is 34.4 Å². The summed E-state index contributed by atoms with van der Waals surface area (Å²) in [5, 5.41) is 3.40. The van der Waals surface area contributed by atoms with Crippen molar-refractivity contribution in [2.75, 3.05) is 20.3 Å². The minimum Gasteiger partial charge on any atom is -0.468 e. The zero-order valence-electron chi connectivity index (χ0n) is 9.12. The standard InChI is InChI=1S/C11H19NO2/c1-9(8-13-3)7-12-10(2)11-5-4-6-14-11/h4-6,9-10,12H,7-8H2,1-3H3/t9?,10-/m1/s1. The molecule has 1 heterocycles. The van der Waals surface area contributed by atoms with Gasteiger partial charge < -0.3 is 14.5 Å². The third-order valence-corrected chi connectivity index (χ3v) is 2.19. The van der Waals surface area contributed by atoms with Crippen LogP contribution in [-0.4, -0.2) is 20.3 Å². The summed E-state index contributed by atoms with van der Waals surface area (Å²) in [6.07, 6.45) is 1.70. The van der Waals surface area contributed by atoms with Crippen LogP contribution in [0.3, 0.4) is 0 Å². The van der Waals surface area contributed by atoms with Crippen LogP contribution in [0.5, 0.6) is 0 Å². The molecule has 0 bridgehead atoms. The lowest BCUT2D eigenvalue weighted by atomic mass is 10.2. The molecule has 0 spiro atoms. The number of hydrogen-bond donors (Lipinski definition) is 1. The normalized spacial score (nSPS) is 15.4. The maximum atomic E-state index is 5.29. The number of rotatable bonds is 6. The van der Waals surface area contributed by atoms with Crippen molar-refractivity contribution in [3.63, 3.8) is 0 Å². The molecule has 0 aromatic carbocycles. The molecule has 0 amide bonds. The van der Waals surface area contributed by atoms with Gasteiger partial charge in [-0.25, -0.2) is 0 Å². The van der Waals surface area contributed by atoms with Crippen LogP contribution in [0.1, 0.15) is 25.6 Å². The van der Waals surface area contributed by atoms with E-state index in [1.165, 1.54) is 0 Å². The van der Waals surface area contributed by atoms with Crippen LogP contribution in [0, 0.1) is 5.92 Å². The molecular weight excluding hydrogens is 178 g/mol. The fraction of sp³-hybridized carbons (Fsp3) is 0.636. The number of methoxy groups -OCH3 is 1. The highest BCUT2D eigenvalue weighted by Gasteiger charge is 2.08. The number of ether oxygens (including phenoxy) is 1. The van der Waals surface area contributed by atoms with Gasteiger partial charge in [-0.3, -0.25) is 0 Å². The Kier molecular flexibility index (Phi) is 4.70. The molecule has 0 aliphatic carbocycles. The smallest absolute Gasteiger partial charge is 0.120 e. The Labute approximate surface area is 85.4 Å². The molecule has 1 N–H and O–H groups in total. The molecule has 14 heavy (non-hydrogen) atoms. The first-order valence-electron chi connectivity index (χ1n) is 4.99. The second-order valence-electron chi connectivity index (χ2n) is 3.71. The second-order valence-corrected chi connectivity index (χ2v) is 3.71. The first-order chi connectivity index (χ1) is 6.74. The van der Waals surface area contributed by atoms with E-state index < -0.39 is 0 Å². The van der Waals surface area contributed by atoms with Gasteiger partial charge in [-0.15, -0.1) is 0 Å². The van der Waals surface area contributed by atoms with Crippen LogP contribution < -0.4 is 5.32 Å². The van der Waals surface area contributed by atoms with Gasteiger partial charge in [-0.2, -0.15) is 0 Å². The molecule has 0 aliphatic rings. The quantitative estimate of drug-likeness (QED) is 0.759. The highest BCUT2D eigenvalue weighted by atomic mass is 16.5. The highest BCUT2D eigenvalue weighted by molar-refractivity contribution is 5.02. The van der Waals surface area contributed by atoms with E-state index in [9.17, 15) is 0 Å². The summed E-state index contributed by atoms with van der Waals surface area (Å²) in [6.45, 7) is 5.98. The summed E-state index contributed by atoms with van der Waals surface area (Å²) >= 11 is 0. The molecule has 2 atom stereocenters. The Hall–Kier alpha value is -0.800. The lowest BCUT2D eigenvalue weighted by molar-refractivity contribution is 0.156. The summed E-state index contributed by atoms with van der Waals surface area (Å²) < 4.78 is 10.4. The molecule has 1 aromatic heterocycles. The molecule has 0 radical (unpaired) electrons. The Balaban J connectivity index is 2.24. The van der Waals surface area contributed by atoms with Gasteiger partial charge in [0, 0.05) is 20.3 Å². The van der Waals surface area contributed by atoms with E-state index in [4.69, 9.17) is 9.15 Å². The van der Waals surface area contributed by atoms with Crippen molar-refractivity contribution in [1.82, 2.24) is 5.32 Å². The molecular formula is C11H19NO2. The van der Waals surface area contributed by atoms with Crippen molar-refractivity contribution in [3.05, 3.63) is 24.2 Å². The first kappa shape index (κ1) is 11.3. The van der Waals surface area contributed by atoms with Gasteiger partial charge in [-0.1, -0.05) is 6.92 Å². The van der Waals surface area contributed by atoms with Crippen molar-refractivity contribution < 1.29 is 9.15 Å². The molecule has 0 fully saturated rings. The van der Waals surface area contributed by atoms with Crippen LogP contribution in [0.2, 0.25) is 0 Å². The molecule has 1 unspecified atom stereocenters. The van der Waals surface area contributed by atoms with E-state index in [1.807, 2.05) is 12.1 Å². The van der Waals surface area contributed by atoms with Crippen LogP contribution >= 0.6 is 0 Å². The molecule has 0 saturated heterocycles. The zero-order valence-corrected chi connectivity index (χ0v) is 9.12. The second kappa shape index (κ2) is 5.83. The van der Waals surface area contributed by atoms with Gasteiger partial charge in [-0.05, 0) is 25.0 Å². The Morgan fingerprint density at radius 3 is 2.86 bits per heavy atom. The largest absolute Gasteiger partial charge is 0.468 e. The lowest BCUT2D eigenvalue weighted by Crippen LogP contribution is -2.26. The molecule has 3 nitrogen and oxygen atoms in total. The van der Waals surface area contributed by atoms with Gasteiger partial charge in [0.1, 0.15) is 5.76 Å². The molecule has 1 rings (SSSR count). The SMILES string of the molecule is COCC(C)CN[C@H](C)c1ccco1. The van der Waals surface area contributed by atoms with Gasteiger partial charge in [0.25, 0.3) is 0 Å². The Bertz CT molecular complexity index is 233. The lowest BCUT2D eigenvalue weighted by Gasteiger charge is -2.15. The van der Waals surface area contributed by atoms with E-state index in [2.05, 4.69) is 19.2 Å². The Morgan fingerprint density at radius 1 is 1.50 bits per heavy atom. The zero-order chi connectivity index (χ0) is 10.4.